The summed E-state index contributed by atoms with van der Waals surface area (Å²) in [5.41, 5.74) is 2.29. The Labute approximate surface area is 157 Å². The quantitative estimate of drug-likeness (QED) is 0.254. The molecule has 2 aromatic rings. The first-order chi connectivity index (χ1) is 13.0. The highest BCUT2D eigenvalue weighted by Crippen LogP contribution is 2.30. The molecule has 0 heterocycles. The SMILES string of the molecule is CCCCCC1CCc2cc(C#Cc3cc(F)c(F)c(F)c3)c(F)cc2C1. The molecule has 0 fully saturated rings. The molecule has 2 aromatic carbocycles. The van der Waals surface area contributed by atoms with Crippen LogP contribution in [-0.4, -0.2) is 0 Å². The summed E-state index contributed by atoms with van der Waals surface area (Å²) in [5.74, 6) is 1.17. The fraction of sp³-hybridized carbons (Fsp3) is 0.391. The lowest BCUT2D eigenvalue weighted by Gasteiger charge is -2.25. The summed E-state index contributed by atoms with van der Waals surface area (Å²) in [6, 6.07) is 4.89. The number of fused-ring (bicyclic) bond motifs is 1. The van der Waals surface area contributed by atoms with Crippen molar-refractivity contribution in [1.82, 2.24) is 0 Å². The van der Waals surface area contributed by atoms with Gasteiger partial charge in [0.05, 0.1) is 5.56 Å². The lowest BCUT2D eigenvalue weighted by atomic mass is 9.80. The second-order valence-electron chi connectivity index (χ2n) is 7.21. The molecule has 142 valence electrons. The number of halogens is 4. The molecule has 4 heteroatoms. The summed E-state index contributed by atoms with van der Waals surface area (Å²) in [4.78, 5) is 0. The van der Waals surface area contributed by atoms with E-state index >= 15 is 0 Å². The number of unbranched alkanes of at least 4 members (excludes halogenated alkanes) is 2. The average molecular weight is 374 g/mol. The van der Waals surface area contributed by atoms with E-state index in [1.165, 1.54) is 31.7 Å². The summed E-state index contributed by atoms with van der Waals surface area (Å²) in [5, 5.41) is 0. The normalized spacial score (nSPS) is 15.8. The summed E-state index contributed by atoms with van der Waals surface area (Å²) >= 11 is 0. The predicted octanol–water partition coefficient (Wildman–Crippen LogP) is 6.33. The molecule has 0 aliphatic heterocycles. The van der Waals surface area contributed by atoms with Gasteiger partial charge in [0.25, 0.3) is 0 Å². The van der Waals surface area contributed by atoms with Gasteiger partial charge in [-0.3, -0.25) is 0 Å². The van der Waals surface area contributed by atoms with Gasteiger partial charge in [0, 0.05) is 5.56 Å². The molecule has 0 aromatic heterocycles. The molecular weight excluding hydrogens is 352 g/mol. The average Bonchev–Trinajstić information content (AvgIpc) is 2.64. The summed E-state index contributed by atoms with van der Waals surface area (Å²) in [6.45, 7) is 2.18. The predicted molar refractivity (Wildman–Crippen MR) is 98.4 cm³/mol. The molecule has 3 rings (SSSR count). The van der Waals surface area contributed by atoms with Crippen LogP contribution in [0.1, 0.15) is 61.3 Å². The van der Waals surface area contributed by atoms with Crippen molar-refractivity contribution in [2.24, 2.45) is 5.92 Å². The maximum absolute atomic E-state index is 14.4. The van der Waals surface area contributed by atoms with E-state index < -0.39 is 23.3 Å². The molecule has 1 atom stereocenters. The molecule has 0 saturated carbocycles. The molecule has 0 nitrogen and oxygen atoms in total. The maximum atomic E-state index is 14.4. The summed E-state index contributed by atoms with van der Waals surface area (Å²) in [7, 11) is 0. The fourth-order valence-corrected chi connectivity index (χ4v) is 3.65. The van der Waals surface area contributed by atoms with Gasteiger partial charge in [0.2, 0.25) is 0 Å². The second kappa shape index (κ2) is 8.61. The summed E-state index contributed by atoms with van der Waals surface area (Å²) in [6.07, 6.45) is 7.69. The van der Waals surface area contributed by atoms with Crippen LogP contribution < -0.4 is 0 Å². The molecule has 1 unspecified atom stereocenters. The van der Waals surface area contributed by atoms with E-state index in [0.717, 1.165) is 42.5 Å². The zero-order valence-corrected chi connectivity index (χ0v) is 15.3. The highest BCUT2D eigenvalue weighted by atomic mass is 19.2. The number of aryl methyl sites for hydroxylation is 1. The van der Waals surface area contributed by atoms with E-state index in [9.17, 15) is 17.6 Å². The smallest absolute Gasteiger partial charge is 0.194 e. The highest BCUT2D eigenvalue weighted by Gasteiger charge is 2.20. The minimum atomic E-state index is -1.53. The van der Waals surface area contributed by atoms with Gasteiger partial charge in [0.15, 0.2) is 17.5 Å². The van der Waals surface area contributed by atoms with Crippen molar-refractivity contribution >= 4 is 0 Å². The summed E-state index contributed by atoms with van der Waals surface area (Å²) < 4.78 is 53.9. The number of hydrogen-bond acceptors (Lipinski definition) is 0. The molecule has 1 aliphatic carbocycles. The minimum Gasteiger partial charge on any atom is -0.206 e. The number of hydrogen-bond donors (Lipinski definition) is 0. The molecule has 0 saturated heterocycles. The van der Waals surface area contributed by atoms with Crippen LogP contribution in [0.5, 0.6) is 0 Å². The van der Waals surface area contributed by atoms with Crippen LogP contribution in [0.2, 0.25) is 0 Å². The third-order valence-electron chi connectivity index (χ3n) is 5.16. The van der Waals surface area contributed by atoms with Gasteiger partial charge in [0.1, 0.15) is 5.82 Å². The Bertz CT molecular complexity index is 866. The van der Waals surface area contributed by atoms with E-state index in [1.54, 1.807) is 6.07 Å². The van der Waals surface area contributed by atoms with E-state index in [-0.39, 0.29) is 11.1 Å². The van der Waals surface area contributed by atoms with Crippen molar-refractivity contribution in [1.29, 1.82) is 0 Å². The third kappa shape index (κ3) is 4.71. The first-order valence-electron chi connectivity index (χ1n) is 9.45. The van der Waals surface area contributed by atoms with Gasteiger partial charge >= 0.3 is 0 Å². The van der Waals surface area contributed by atoms with Crippen molar-refractivity contribution in [2.45, 2.75) is 51.9 Å². The first-order valence-corrected chi connectivity index (χ1v) is 9.45. The van der Waals surface area contributed by atoms with Gasteiger partial charge in [-0.05, 0) is 60.6 Å². The van der Waals surface area contributed by atoms with Crippen molar-refractivity contribution in [3.63, 3.8) is 0 Å². The monoisotopic (exact) mass is 374 g/mol. The Morgan fingerprint density at radius 2 is 1.63 bits per heavy atom. The van der Waals surface area contributed by atoms with E-state index in [4.69, 9.17) is 0 Å². The van der Waals surface area contributed by atoms with Crippen molar-refractivity contribution in [3.8, 4) is 11.8 Å². The lowest BCUT2D eigenvalue weighted by molar-refractivity contribution is 0.407. The molecule has 0 N–H and O–H groups in total. The zero-order valence-electron chi connectivity index (χ0n) is 15.3. The van der Waals surface area contributed by atoms with Crippen LogP contribution in [0.25, 0.3) is 0 Å². The number of rotatable bonds is 4. The maximum Gasteiger partial charge on any atom is 0.194 e. The van der Waals surface area contributed by atoms with Gasteiger partial charge in [-0.1, -0.05) is 44.4 Å². The van der Waals surface area contributed by atoms with Gasteiger partial charge in [-0.15, -0.1) is 0 Å². The van der Waals surface area contributed by atoms with E-state index in [1.807, 2.05) is 0 Å². The van der Waals surface area contributed by atoms with Crippen LogP contribution in [0.3, 0.4) is 0 Å². The van der Waals surface area contributed by atoms with Crippen molar-refractivity contribution in [3.05, 3.63) is 69.8 Å². The van der Waals surface area contributed by atoms with Crippen LogP contribution >= 0.6 is 0 Å². The van der Waals surface area contributed by atoms with Gasteiger partial charge < -0.3 is 0 Å². The molecule has 1 aliphatic rings. The fourth-order valence-electron chi connectivity index (χ4n) is 3.65. The topological polar surface area (TPSA) is 0 Å². The van der Waals surface area contributed by atoms with Gasteiger partial charge in [-0.25, -0.2) is 17.6 Å². The van der Waals surface area contributed by atoms with Gasteiger partial charge in [-0.2, -0.15) is 0 Å². The lowest BCUT2D eigenvalue weighted by Crippen LogP contribution is -2.15. The Morgan fingerprint density at radius 3 is 2.33 bits per heavy atom. The molecule has 0 amide bonds. The Morgan fingerprint density at radius 1 is 0.889 bits per heavy atom. The van der Waals surface area contributed by atoms with Crippen LogP contribution in [0.15, 0.2) is 24.3 Å². The Kier molecular flexibility index (Phi) is 6.21. The van der Waals surface area contributed by atoms with Crippen LogP contribution in [0.4, 0.5) is 17.6 Å². The van der Waals surface area contributed by atoms with Crippen molar-refractivity contribution < 1.29 is 17.6 Å². The standard InChI is InChI=1S/C23H22F4/c1-2-3-4-5-15-6-8-17-13-18(20(24)14-19(17)10-15)9-7-16-11-21(25)23(27)22(26)12-16/h11-15H,2-6,8,10H2,1H3. The molecule has 0 radical (unpaired) electrons. The van der Waals surface area contributed by atoms with Crippen LogP contribution in [0, 0.1) is 41.0 Å². The van der Waals surface area contributed by atoms with Crippen LogP contribution in [-0.2, 0) is 12.8 Å². The Balaban J connectivity index is 1.78. The molecule has 0 spiro atoms. The van der Waals surface area contributed by atoms with E-state index in [2.05, 4.69) is 18.8 Å². The van der Waals surface area contributed by atoms with Crippen molar-refractivity contribution in [2.75, 3.05) is 0 Å². The largest absolute Gasteiger partial charge is 0.206 e. The Hall–Kier alpha value is -2.28. The molecular formula is C23H22F4. The number of benzene rings is 2. The minimum absolute atomic E-state index is 0.0282. The molecule has 27 heavy (non-hydrogen) atoms. The molecule has 0 bridgehead atoms. The second-order valence-corrected chi connectivity index (χ2v) is 7.21. The first kappa shape index (κ1) is 19.5. The highest BCUT2D eigenvalue weighted by molar-refractivity contribution is 5.47. The zero-order chi connectivity index (χ0) is 19.4. The van der Waals surface area contributed by atoms with E-state index in [0.29, 0.717) is 5.92 Å². The third-order valence-corrected chi connectivity index (χ3v) is 5.16.